The monoisotopic (exact) mass is 225 g/mol. The van der Waals surface area contributed by atoms with E-state index in [0.717, 1.165) is 0 Å². The van der Waals surface area contributed by atoms with Crippen LogP contribution in [0.3, 0.4) is 0 Å². The Labute approximate surface area is 92.8 Å². The molecule has 0 unspecified atom stereocenters. The number of hydrogen-bond donors (Lipinski definition) is 0. The molecular formula is C9H12BrN. The molecule has 11 heavy (non-hydrogen) atoms. The van der Waals surface area contributed by atoms with Crippen LogP contribution >= 0.6 is 15.9 Å². The average Bonchev–Trinajstić information content (AvgIpc) is 2.28. The number of nitrogens with zero attached hydrogens (tertiary/aromatic N) is 1. The molecule has 0 spiro atoms. The molecular weight excluding hydrogens is 202 g/mol. The van der Waals surface area contributed by atoms with E-state index in [1.165, 1.54) is 0 Å². The third-order valence-electron chi connectivity index (χ3n) is 0.912. The van der Waals surface area contributed by atoms with Gasteiger partial charge >= 0.3 is 0 Å². The molecule has 1 aromatic heterocycles. The van der Waals surface area contributed by atoms with Crippen LogP contribution in [0.4, 0.5) is 0 Å². The molecule has 0 atom stereocenters. The van der Waals surface area contributed by atoms with Gasteiger partial charge in [0.25, 0.3) is 0 Å². The molecule has 0 radical (unpaired) electrons. The lowest BCUT2D eigenvalue weighted by Crippen LogP contribution is -2.12. The van der Waals surface area contributed by atoms with E-state index in [0.29, 0.717) is 0 Å². The fourth-order valence-corrected chi connectivity index (χ4v) is 0.750. The Morgan fingerprint density at radius 1 is 1.55 bits per heavy atom. The highest BCUT2D eigenvalue weighted by atomic mass is 79.9. The summed E-state index contributed by atoms with van der Waals surface area (Å²) in [6.07, 6.45) is 0. The van der Waals surface area contributed by atoms with Gasteiger partial charge in [-0.3, -0.25) is 0 Å². The fraction of sp³-hybridized carbons (Fsp3) is 0.444. The molecule has 0 aliphatic heterocycles. The number of rotatable bonds is 0. The first-order valence-electron chi connectivity index (χ1n) is 8.64. The zero-order chi connectivity index (χ0) is 18.6. The Bertz CT molecular complexity index is 577. The summed E-state index contributed by atoms with van der Waals surface area (Å²) in [5.74, 6) is 0. The van der Waals surface area contributed by atoms with Crippen molar-refractivity contribution in [1.29, 1.82) is 0 Å². The van der Waals surface area contributed by atoms with Gasteiger partial charge in [0.2, 0.25) is 0 Å². The third-order valence-corrected chi connectivity index (χ3v) is 1.29. The predicted octanol–water partition coefficient (Wildman–Crippen LogP) is 3.14. The van der Waals surface area contributed by atoms with Crippen molar-refractivity contribution in [1.82, 2.24) is 4.98 Å². The van der Waals surface area contributed by atoms with E-state index in [1.807, 2.05) is 0 Å². The molecule has 1 aromatic rings. The van der Waals surface area contributed by atoms with E-state index in [1.54, 1.807) is 0 Å². The maximum Gasteiger partial charge on any atom is 0.106 e. The topological polar surface area (TPSA) is 12.9 Å². The number of aromatic nitrogens is 1. The largest absolute Gasteiger partial charge is 0.245 e. The lowest BCUT2D eigenvalue weighted by atomic mass is 9.92. The van der Waals surface area contributed by atoms with E-state index < -0.39 is 54.4 Å². The Morgan fingerprint density at radius 3 is 2.91 bits per heavy atom. The SMILES string of the molecule is [2H]c1c(Br)nc(C(C([2H])([2H])[2H])(C([2H])([2H])[2H])C([2H])([2H])[2H])c([2H])c1[2H]. The van der Waals surface area contributed by atoms with Gasteiger partial charge in [-0.15, -0.1) is 0 Å². The molecule has 0 aromatic carbocycles. The molecule has 2 heteroatoms. The van der Waals surface area contributed by atoms with Gasteiger partial charge in [-0.2, -0.15) is 0 Å². The molecule has 1 rings (SSSR count). The molecule has 0 amide bonds. The van der Waals surface area contributed by atoms with Crippen LogP contribution in [0.1, 0.15) is 42.7 Å². The summed E-state index contributed by atoms with van der Waals surface area (Å²) in [7, 11) is 0. The van der Waals surface area contributed by atoms with Crippen molar-refractivity contribution in [3.8, 4) is 0 Å². The zero-order valence-corrected chi connectivity index (χ0v) is 6.91. The second kappa shape index (κ2) is 2.94. The van der Waals surface area contributed by atoms with Crippen molar-refractivity contribution in [2.75, 3.05) is 0 Å². The van der Waals surface area contributed by atoms with Crippen molar-refractivity contribution in [2.24, 2.45) is 0 Å². The van der Waals surface area contributed by atoms with E-state index in [4.69, 9.17) is 16.4 Å². The van der Waals surface area contributed by atoms with Gasteiger partial charge in [0.05, 0.1) is 4.11 Å². The molecule has 60 valence electrons. The molecule has 0 saturated carbocycles. The first-order chi connectivity index (χ1) is 10.00. The molecule has 1 heterocycles. The average molecular weight is 226 g/mol. The van der Waals surface area contributed by atoms with Gasteiger partial charge in [0, 0.05) is 23.4 Å². The predicted molar refractivity (Wildman–Crippen MR) is 50.6 cm³/mol. The molecule has 0 bridgehead atoms. The lowest BCUT2D eigenvalue weighted by Gasteiger charge is -2.17. The van der Waals surface area contributed by atoms with Crippen LogP contribution in [-0.2, 0) is 5.41 Å². The van der Waals surface area contributed by atoms with Crippen LogP contribution in [0, 0.1) is 0 Å². The molecule has 0 N–H and O–H groups in total. The summed E-state index contributed by atoms with van der Waals surface area (Å²) < 4.78 is 90.4. The number of hydrogen-bond acceptors (Lipinski definition) is 1. The van der Waals surface area contributed by atoms with E-state index >= 15 is 0 Å². The third kappa shape index (κ3) is 2.29. The van der Waals surface area contributed by atoms with Crippen LogP contribution in [0.25, 0.3) is 0 Å². The van der Waals surface area contributed by atoms with Gasteiger partial charge in [-0.25, -0.2) is 4.98 Å². The molecule has 1 nitrogen and oxygen atoms in total. The van der Waals surface area contributed by atoms with Gasteiger partial charge in [0.1, 0.15) is 4.60 Å². The lowest BCUT2D eigenvalue weighted by molar-refractivity contribution is 0.567. The van der Waals surface area contributed by atoms with Crippen LogP contribution in [0.5, 0.6) is 0 Å². The minimum atomic E-state index is -3.57. The zero-order valence-electron chi connectivity index (χ0n) is 17.3. The minimum Gasteiger partial charge on any atom is -0.245 e. The normalized spacial score (nSPS) is 31.0. The quantitative estimate of drug-likeness (QED) is 0.619. The van der Waals surface area contributed by atoms with Crippen LogP contribution in [0.2, 0.25) is 0 Å². The summed E-state index contributed by atoms with van der Waals surface area (Å²) in [5, 5.41) is 0. The molecule has 0 aliphatic rings. The summed E-state index contributed by atoms with van der Waals surface area (Å²) in [4.78, 5) is 3.55. The first kappa shape index (κ1) is 1.92. The number of halogens is 1. The van der Waals surface area contributed by atoms with E-state index in [9.17, 15) is 0 Å². The van der Waals surface area contributed by atoms with E-state index in [-0.39, 0.29) is 0 Å². The van der Waals surface area contributed by atoms with Crippen LogP contribution in [-0.4, -0.2) is 4.98 Å². The standard InChI is InChI=1S/C9H12BrN/c1-9(2,3)7-5-4-6-8(10)11-7/h4-6H,1-3H3/i1D3,2D3,3D3,4D,5D,6D. The number of pyridine rings is 1. The molecule has 0 fully saturated rings. The summed E-state index contributed by atoms with van der Waals surface area (Å²) in [5.41, 5.74) is -4.54. The second-order valence-electron chi connectivity index (χ2n) is 1.88. The Morgan fingerprint density at radius 2 is 2.27 bits per heavy atom. The van der Waals surface area contributed by atoms with Gasteiger partial charge in [-0.1, -0.05) is 26.6 Å². The summed E-state index contributed by atoms with van der Waals surface area (Å²) in [6.45, 7) is -10.7. The van der Waals surface area contributed by atoms with Crippen LogP contribution in [0.15, 0.2) is 22.7 Å². The van der Waals surface area contributed by atoms with Gasteiger partial charge in [-0.05, 0) is 28.0 Å². The van der Waals surface area contributed by atoms with Crippen molar-refractivity contribution in [3.05, 3.63) is 28.4 Å². The highest BCUT2D eigenvalue weighted by molar-refractivity contribution is 9.10. The highest BCUT2D eigenvalue weighted by Gasteiger charge is 2.14. The second-order valence-corrected chi connectivity index (χ2v) is 2.63. The summed E-state index contributed by atoms with van der Waals surface area (Å²) >= 11 is 2.77. The van der Waals surface area contributed by atoms with Gasteiger partial charge < -0.3 is 0 Å². The minimum absolute atomic E-state index is 0.407. The molecule has 0 aliphatic carbocycles. The molecule has 0 saturated heterocycles. The van der Waals surface area contributed by atoms with Crippen molar-refractivity contribution >= 4 is 15.9 Å². The van der Waals surface area contributed by atoms with Gasteiger partial charge in [0.15, 0.2) is 0 Å². The maximum atomic E-state index is 7.79. The van der Waals surface area contributed by atoms with Crippen molar-refractivity contribution in [2.45, 2.75) is 26.0 Å². The van der Waals surface area contributed by atoms with E-state index in [2.05, 4.69) is 20.9 Å². The van der Waals surface area contributed by atoms with Crippen molar-refractivity contribution in [3.63, 3.8) is 0 Å². The Hall–Kier alpha value is -0.370. The first-order valence-corrected chi connectivity index (χ1v) is 3.43. The highest BCUT2D eigenvalue weighted by Crippen LogP contribution is 2.20. The Balaban J connectivity index is 4.11. The van der Waals surface area contributed by atoms with Crippen molar-refractivity contribution < 1.29 is 16.4 Å². The van der Waals surface area contributed by atoms with Crippen LogP contribution < -0.4 is 0 Å². The summed E-state index contributed by atoms with van der Waals surface area (Å²) in [6, 6.07) is -2.40. The fourth-order valence-electron chi connectivity index (χ4n) is 0.474. The smallest absolute Gasteiger partial charge is 0.106 e. The Kier molecular flexibility index (Phi) is 0.514. The maximum absolute atomic E-state index is 7.79.